The normalized spacial score (nSPS) is 13.0. The smallest absolute Gasteiger partial charge is 0.328 e. The number of nitrogens with one attached hydrogen (secondary N) is 1. The molecule has 1 aliphatic rings. The van der Waals surface area contributed by atoms with Crippen LogP contribution >= 0.6 is 11.6 Å². The number of rotatable bonds is 11. The summed E-state index contributed by atoms with van der Waals surface area (Å²) in [4.78, 5) is 28.4. The van der Waals surface area contributed by atoms with Crippen LogP contribution in [0.15, 0.2) is 84.9 Å². The van der Waals surface area contributed by atoms with Crippen molar-refractivity contribution >= 4 is 40.5 Å². The summed E-state index contributed by atoms with van der Waals surface area (Å²) >= 11 is 6.45. The maximum Gasteiger partial charge on any atom is 0.328 e. The van der Waals surface area contributed by atoms with Crippen molar-refractivity contribution < 1.29 is 14.7 Å². The summed E-state index contributed by atoms with van der Waals surface area (Å²) in [6.07, 6.45) is 5.28. The molecule has 1 heterocycles. The summed E-state index contributed by atoms with van der Waals surface area (Å²) in [6.45, 7) is 2.57. The molecule has 0 aromatic heterocycles. The number of carbonyl (C=O) groups is 2. The monoisotopic (exact) mass is 503 g/mol. The largest absolute Gasteiger partial charge is 0.478 e. The van der Waals surface area contributed by atoms with Crippen molar-refractivity contribution in [2.75, 3.05) is 36.0 Å². The van der Waals surface area contributed by atoms with E-state index in [9.17, 15) is 9.59 Å². The Labute approximate surface area is 216 Å². The van der Waals surface area contributed by atoms with E-state index in [0.717, 1.165) is 55.5 Å². The molecular weight excluding hydrogens is 474 g/mol. The van der Waals surface area contributed by atoms with E-state index in [1.807, 2.05) is 65.6 Å². The predicted octanol–water partition coefficient (Wildman–Crippen LogP) is 5.69. The van der Waals surface area contributed by atoms with Gasteiger partial charge >= 0.3 is 5.97 Å². The van der Waals surface area contributed by atoms with E-state index in [1.165, 1.54) is 5.56 Å². The summed E-state index contributed by atoms with van der Waals surface area (Å²) in [5, 5.41) is 12.5. The molecule has 6 nitrogen and oxygen atoms in total. The molecule has 0 atom stereocenters. The molecule has 0 radical (unpaired) electrons. The second-order valence-electron chi connectivity index (χ2n) is 8.65. The number of carboxylic acids is 1. The lowest BCUT2D eigenvalue weighted by Gasteiger charge is -2.28. The van der Waals surface area contributed by atoms with E-state index in [2.05, 4.69) is 22.3 Å². The predicted molar refractivity (Wildman–Crippen MR) is 146 cm³/mol. The minimum absolute atomic E-state index is 0.0144. The first-order chi connectivity index (χ1) is 17.5. The molecule has 0 unspecified atom stereocenters. The molecule has 0 spiro atoms. The Morgan fingerprint density at radius 1 is 0.889 bits per heavy atom. The molecule has 0 aliphatic carbocycles. The zero-order chi connectivity index (χ0) is 25.3. The molecule has 0 fully saturated rings. The Morgan fingerprint density at radius 3 is 2.47 bits per heavy atom. The van der Waals surface area contributed by atoms with Crippen LogP contribution in [0.2, 0.25) is 5.02 Å². The van der Waals surface area contributed by atoms with Gasteiger partial charge in [-0.1, -0.05) is 60.1 Å². The number of unbranched alkanes of at least 4 members (excludes halogenated alkanes) is 1. The number of hydrogen-bond donors (Lipinski definition) is 2. The molecular formula is C29H30ClN3O3. The molecule has 1 amide bonds. The zero-order valence-electron chi connectivity index (χ0n) is 20.1. The second kappa shape index (κ2) is 12.4. The molecule has 3 aromatic carbocycles. The van der Waals surface area contributed by atoms with Crippen LogP contribution < -0.4 is 15.1 Å². The lowest BCUT2D eigenvalue weighted by molar-refractivity contribution is -0.131. The van der Waals surface area contributed by atoms with Crippen LogP contribution in [0.5, 0.6) is 0 Å². The molecule has 3 aromatic rings. The Bertz CT molecular complexity index is 1230. The highest BCUT2D eigenvalue weighted by atomic mass is 35.5. The molecule has 0 bridgehead atoms. The summed E-state index contributed by atoms with van der Waals surface area (Å²) in [6, 6.07) is 23.7. The Morgan fingerprint density at radius 2 is 1.67 bits per heavy atom. The van der Waals surface area contributed by atoms with Crippen LogP contribution in [0.4, 0.5) is 17.1 Å². The number of benzene rings is 3. The van der Waals surface area contributed by atoms with Gasteiger partial charge in [-0.25, -0.2) is 4.79 Å². The summed E-state index contributed by atoms with van der Waals surface area (Å²) < 4.78 is 0. The number of carbonyl (C=O) groups excluding carboxylic acids is 1. The van der Waals surface area contributed by atoms with E-state index < -0.39 is 5.97 Å². The van der Waals surface area contributed by atoms with Crippen molar-refractivity contribution in [2.45, 2.75) is 19.3 Å². The topological polar surface area (TPSA) is 72.9 Å². The molecule has 2 N–H and O–H groups in total. The molecule has 0 saturated carbocycles. The van der Waals surface area contributed by atoms with Crippen molar-refractivity contribution in [3.8, 4) is 0 Å². The minimum Gasteiger partial charge on any atom is -0.478 e. The van der Waals surface area contributed by atoms with Gasteiger partial charge in [0.25, 0.3) is 5.91 Å². The summed E-state index contributed by atoms with van der Waals surface area (Å²) in [5.41, 5.74) is 4.51. The van der Waals surface area contributed by atoms with Gasteiger partial charge in [0, 0.05) is 30.7 Å². The number of halogens is 1. The summed E-state index contributed by atoms with van der Waals surface area (Å²) in [5.74, 6) is -0.958. The highest BCUT2D eigenvalue weighted by Gasteiger charge is 2.30. The quantitative estimate of drug-likeness (QED) is 0.260. The number of amides is 1. The van der Waals surface area contributed by atoms with Crippen LogP contribution in [-0.4, -0.2) is 43.2 Å². The number of para-hydroxylation sites is 1. The Kier molecular flexibility index (Phi) is 8.76. The van der Waals surface area contributed by atoms with E-state index in [0.29, 0.717) is 23.7 Å². The third-order valence-corrected chi connectivity index (χ3v) is 6.40. The minimum atomic E-state index is -0.943. The number of anilines is 3. The Balaban J connectivity index is 1.55. The lowest BCUT2D eigenvalue weighted by Crippen LogP contribution is -2.32. The van der Waals surface area contributed by atoms with Gasteiger partial charge in [-0.2, -0.15) is 0 Å². The van der Waals surface area contributed by atoms with Gasteiger partial charge in [-0.05, 0) is 61.7 Å². The van der Waals surface area contributed by atoms with Crippen LogP contribution in [0, 0.1) is 0 Å². The number of hydrogen-bond acceptors (Lipinski definition) is 4. The van der Waals surface area contributed by atoms with E-state index in [-0.39, 0.29) is 5.91 Å². The first-order valence-electron chi connectivity index (χ1n) is 12.2. The van der Waals surface area contributed by atoms with Gasteiger partial charge in [-0.15, -0.1) is 0 Å². The Hall–Kier alpha value is -3.61. The average Bonchev–Trinajstić information content (AvgIpc) is 2.97. The van der Waals surface area contributed by atoms with Gasteiger partial charge in [0.05, 0.1) is 22.6 Å². The van der Waals surface area contributed by atoms with Crippen molar-refractivity contribution in [1.82, 2.24) is 5.32 Å². The first kappa shape index (κ1) is 25.5. The SMILES string of the molecule is O=C(O)/C=C/CNCCCCN1c2ccccc2C(=O)N(CCc2ccccc2)c2ccc(Cl)cc21. The second-order valence-corrected chi connectivity index (χ2v) is 9.08. The van der Waals surface area contributed by atoms with Crippen LogP contribution in [0.1, 0.15) is 28.8 Å². The van der Waals surface area contributed by atoms with Gasteiger partial charge in [0.15, 0.2) is 0 Å². The van der Waals surface area contributed by atoms with E-state index in [1.54, 1.807) is 6.08 Å². The fourth-order valence-electron chi connectivity index (χ4n) is 4.43. The van der Waals surface area contributed by atoms with Crippen LogP contribution in [0.25, 0.3) is 0 Å². The van der Waals surface area contributed by atoms with E-state index >= 15 is 0 Å². The maximum absolute atomic E-state index is 13.8. The molecule has 4 rings (SSSR count). The van der Waals surface area contributed by atoms with Crippen molar-refractivity contribution in [3.05, 3.63) is 101 Å². The average molecular weight is 504 g/mol. The van der Waals surface area contributed by atoms with Gasteiger partial charge in [-0.3, -0.25) is 4.79 Å². The van der Waals surface area contributed by atoms with Crippen LogP contribution in [0.3, 0.4) is 0 Å². The first-order valence-corrected chi connectivity index (χ1v) is 12.5. The van der Waals surface area contributed by atoms with Crippen molar-refractivity contribution in [2.24, 2.45) is 0 Å². The number of fused-ring (bicyclic) bond motifs is 2. The standard InChI is InChI=1S/C29H30ClN3O3/c30-23-14-15-26-27(21-23)32(19-7-6-17-31-18-8-13-28(34)35)25-12-5-4-11-24(25)29(36)33(26)20-16-22-9-2-1-3-10-22/h1-5,8-15,21,31H,6-7,16-20H2,(H,34,35)/b13-8+. The molecule has 36 heavy (non-hydrogen) atoms. The maximum atomic E-state index is 13.8. The highest BCUT2D eigenvalue weighted by molar-refractivity contribution is 6.31. The third kappa shape index (κ3) is 6.33. The molecule has 0 saturated heterocycles. The molecule has 186 valence electrons. The molecule has 1 aliphatic heterocycles. The van der Waals surface area contributed by atoms with Crippen molar-refractivity contribution in [3.63, 3.8) is 0 Å². The number of aliphatic carboxylic acids is 1. The van der Waals surface area contributed by atoms with Crippen LogP contribution in [-0.2, 0) is 11.2 Å². The van der Waals surface area contributed by atoms with Gasteiger partial charge < -0.3 is 20.2 Å². The lowest BCUT2D eigenvalue weighted by atomic mass is 10.1. The summed E-state index contributed by atoms with van der Waals surface area (Å²) in [7, 11) is 0. The third-order valence-electron chi connectivity index (χ3n) is 6.16. The zero-order valence-corrected chi connectivity index (χ0v) is 20.8. The highest BCUT2D eigenvalue weighted by Crippen LogP contribution is 2.42. The van der Waals surface area contributed by atoms with E-state index in [4.69, 9.17) is 16.7 Å². The molecule has 7 heteroatoms. The van der Waals surface area contributed by atoms with Gasteiger partial charge in [0.1, 0.15) is 0 Å². The fourth-order valence-corrected chi connectivity index (χ4v) is 4.60. The number of carboxylic acid groups (broad SMARTS) is 1. The van der Waals surface area contributed by atoms with Gasteiger partial charge in [0.2, 0.25) is 0 Å². The fraction of sp³-hybridized carbons (Fsp3) is 0.241. The number of nitrogens with zero attached hydrogens (tertiary/aromatic N) is 2. The van der Waals surface area contributed by atoms with Crippen molar-refractivity contribution in [1.29, 1.82) is 0 Å².